The second-order valence-electron chi connectivity index (χ2n) is 3.76. The fraction of sp³-hybridized carbons (Fsp3) is 0.231. The molecule has 1 atom stereocenters. The summed E-state index contributed by atoms with van der Waals surface area (Å²) in [5, 5.41) is 4.23. The van der Waals surface area contributed by atoms with Crippen molar-refractivity contribution < 1.29 is 4.74 Å². The molecule has 1 heterocycles. The normalized spacial score (nSPS) is 12.5. The van der Waals surface area contributed by atoms with Gasteiger partial charge in [0.25, 0.3) is 0 Å². The average Bonchev–Trinajstić information content (AvgIpc) is 2.84. The Morgan fingerprint density at radius 1 is 1.35 bits per heavy atom. The molecule has 0 N–H and O–H groups in total. The lowest BCUT2D eigenvalue weighted by atomic mass is 10.0. The fourth-order valence-corrected chi connectivity index (χ4v) is 3.51. The molecular formula is C13H12Br2OS. The van der Waals surface area contributed by atoms with E-state index in [9.17, 15) is 0 Å². The van der Waals surface area contributed by atoms with Gasteiger partial charge < -0.3 is 4.74 Å². The largest absolute Gasteiger partial charge is 0.496 e. The fourth-order valence-electron chi connectivity index (χ4n) is 1.64. The summed E-state index contributed by atoms with van der Waals surface area (Å²) in [5.74, 6) is 0.916. The van der Waals surface area contributed by atoms with Crippen molar-refractivity contribution in [2.75, 3.05) is 7.11 Å². The summed E-state index contributed by atoms with van der Waals surface area (Å²) >= 11 is 9.00. The lowest BCUT2D eigenvalue weighted by Gasteiger charge is -2.15. The van der Waals surface area contributed by atoms with Crippen LogP contribution >= 0.6 is 43.2 Å². The van der Waals surface area contributed by atoms with Crippen molar-refractivity contribution in [3.63, 3.8) is 0 Å². The van der Waals surface area contributed by atoms with Crippen LogP contribution in [-0.2, 0) is 0 Å². The molecule has 4 heteroatoms. The minimum absolute atomic E-state index is 0.167. The highest BCUT2D eigenvalue weighted by atomic mass is 79.9. The maximum atomic E-state index is 5.45. The Hall–Kier alpha value is -0.320. The van der Waals surface area contributed by atoms with E-state index in [0.29, 0.717) is 0 Å². The predicted molar refractivity (Wildman–Crippen MR) is 80.5 cm³/mol. The van der Waals surface area contributed by atoms with Crippen LogP contribution in [-0.4, -0.2) is 7.11 Å². The summed E-state index contributed by atoms with van der Waals surface area (Å²) in [7, 11) is 1.71. The first kappa shape index (κ1) is 13.1. The number of benzene rings is 1. The van der Waals surface area contributed by atoms with E-state index < -0.39 is 0 Å². The van der Waals surface area contributed by atoms with Crippen LogP contribution in [0.15, 0.2) is 33.4 Å². The number of rotatable bonds is 3. The molecule has 0 fully saturated rings. The summed E-state index contributed by atoms with van der Waals surface area (Å²) in [4.78, 5) is 0.167. The summed E-state index contributed by atoms with van der Waals surface area (Å²) in [5.41, 5.74) is 3.57. The molecule has 1 aromatic carbocycles. The SMILES string of the molecule is COc1cc(C)c(Br)cc1C(Br)c1ccsc1. The summed E-state index contributed by atoms with van der Waals surface area (Å²) in [6.45, 7) is 2.06. The van der Waals surface area contributed by atoms with E-state index in [1.165, 1.54) is 11.1 Å². The Bertz CT molecular complexity index is 508. The van der Waals surface area contributed by atoms with E-state index in [1.54, 1.807) is 18.4 Å². The molecule has 17 heavy (non-hydrogen) atoms. The quantitative estimate of drug-likeness (QED) is 0.660. The van der Waals surface area contributed by atoms with Gasteiger partial charge in [-0.15, -0.1) is 0 Å². The van der Waals surface area contributed by atoms with E-state index >= 15 is 0 Å². The molecule has 90 valence electrons. The molecule has 1 nitrogen and oxygen atoms in total. The lowest BCUT2D eigenvalue weighted by molar-refractivity contribution is 0.410. The second kappa shape index (κ2) is 5.55. The van der Waals surface area contributed by atoms with Crippen LogP contribution in [0.1, 0.15) is 21.5 Å². The smallest absolute Gasteiger partial charge is 0.123 e. The molecule has 0 amide bonds. The zero-order chi connectivity index (χ0) is 12.4. The van der Waals surface area contributed by atoms with E-state index in [4.69, 9.17) is 4.74 Å². The highest BCUT2D eigenvalue weighted by Gasteiger charge is 2.17. The van der Waals surface area contributed by atoms with Crippen molar-refractivity contribution in [3.8, 4) is 5.75 Å². The minimum Gasteiger partial charge on any atom is -0.496 e. The van der Waals surface area contributed by atoms with Crippen LogP contribution in [0.5, 0.6) is 5.75 Å². The molecule has 0 saturated carbocycles. The van der Waals surface area contributed by atoms with Crippen LogP contribution in [0.25, 0.3) is 0 Å². The third-order valence-electron chi connectivity index (χ3n) is 2.62. The first-order chi connectivity index (χ1) is 8.13. The highest BCUT2D eigenvalue weighted by molar-refractivity contribution is 9.10. The van der Waals surface area contributed by atoms with Crippen LogP contribution < -0.4 is 4.74 Å². The van der Waals surface area contributed by atoms with E-state index in [-0.39, 0.29) is 4.83 Å². The van der Waals surface area contributed by atoms with Gasteiger partial charge in [-0.25, -0.2) is 0 Å². The standard InChI is InChI=1S/C13H12Br2OS/c1-8-5-12(16-2)10(6-11(8)14)13(15)9-3-4-17-7-9/h3-7,13H,1-2H3. The second-order valence-corrected chi connectivity index (χ2v) is 6.31. The molecule has 1 unspecified atom stereocenters. The van der Waals surface area contributed by atoms with Crippen molar-refractivity contribution in [1.82, 2.24) is 0 Å². The molecule has 2 aromatic rings. The number of methoxy groups -OCH3 is 1. The molecule has 1 aromatic heterocycles. The number of ether oxygens (including phenoxy) is 1. The monoisotopic (exact) mass is 374 g/mol. The molecule has 0 radical (unpaired) electrons. The topological polar surface area (TPSA) is 9.23 Å². The Labute approximate surface area is 122 Å². The molecule has 0 aliphatic rings. The van der Waals surface area contributed by atoms with Gasteiger partial charge in [0.15, 0.2) is 0 Å². The van der Waals surface area contributed by atoms with Crippen molar-refractivity contribution in [2.45, 2.75) is 11.8 Å². The van der Waals surface area contributed by atoms with Crippen LogP contribution in [0.3, 0.4) is 0 Å². The molecule has 0 saturated heterocycles. The van der Waals surface area contributed by atoms with Crippen LogP contribution in [0, 0.1) is 6.92 Å². The summed E-state index contributed by atoms with van der Waals surface area (Å²) < 4.78 is 6.56. The lowest BCUT2D eigenvalue weighted by Crippen LogP contribution is -1.97. The maximum absolute atomic E-state index is 5.45. The zero-order valence-electron chi connectivity index (χ0n) is 9.54. The number of aryl methyl sites for hydroxylation is 1. The molecule has 0 aliphatic heterocycles. The van der Waals surface area contributed by atoms with Crippen LogP contribution in [0.4, 0.5) is 0 Å². The van der Waals surface area contributed by atoms with Crippen molar-refractivity contribution in [2.24, 2.45) is 0 Å². The van der Waals surface area contributed by atoms with Gasteiger partial charge in [-0.3, -0.25) is 0 Å². The number of hydrogen-bond acceptors (Lipinski definition) is 2. The Morgan fingerprint density at radius 2 is 2.12 bits per heavy atom. The number of thiophene rings is 1. The van der Waals surface area contributed by atoms with E-state index in [1.807, 2.05) is 0 Å². The van der Waals surface area contributed by atoms with Crippen LogP contribution in [0.2, 0.25) is 0 Å². The van der Waals surface area contributed by atoms with Gasteiger partial charge in [0.2, 0.25) is 0 Å². The Morgan fingerprint density at radius 3 is 2.71 bits per heavy atom. The molecule has 0 spiro atoms. The Balaban J connectivity index is 2.47. The molecule has 2 rings (SSSR count). The van der Waals surface area contributed by atoms with E-state index in [2.05, 4.69) is 67.7 Å². The highest BCUT2D eigenvalue weighted by Crippen LogP contribution is 2.39. The number of halogens is 2. The molecule has 0 aliphatic carbocycles. The predicted octanol–water partition coefficient (Wildman–Crippen LogP) is 5.31. The zero-order valence-corrected chi connectivity index (χ0v) is 13.5. The summed E-state index contributed by atoms with van der Waals surface area (Å²) in [6, 6.07) is 6.29. The molecule has 0 bridgehead atoms. The third-order valence-corrected chi connectivity index (χ3v) is 5.20. The van der Waals surface area contributed by atoms with Gasteiger partial charge in [0, 0.05) is 10.0 Å². The first-order valence-corrected chi connectivity index (χ1v) is 7.79. The number of hydrogen-bond donors (Lipinski definition) is 0. The number of alkyl halides is 1. The van der Waals surface area contributed by atoms with Crippen molar-refractivity contribution in [3.05, 3.63) is 50.1 Å². The maximum Gasteiger partial charge on any atom is 0.123 e. The van der Waals surface area contributed by atoms with Crippen molar-refractivity contribution in [1.29, 1.82) is 0 Å². The van der Waals surface area contributed by atoms with Gasteiger partial charge in [-0.05, 0) is 47.0 Å². The third kappa shape index (κ3) is 2.75. The van der Waals surface area contributed by atoms with Gasteiger partial charge in [-0.2, -0.15) is 11.3 Å². The summed E-state index contributed by atoms with van der Waals surface area (Å²) in [6.07, 6.45) is 0. The van der Waals surface area contributed by atoms with Gasteiger partial charge >= 0.3 is 0 Å². The molecular weight excluding hydrogens is 364 g/mol. The minimum atomic E-state index is 0.167. The van der Waals surface area contributed by atoms with Crippen molar-refractivity contribution >= 4 is 43.2 Å². The van der Waals surface area contributed by atoms with E-state index in [0.717, 1.165) is 15.8 Å². The first-order valence-electron chi connectivity index (χ1n) is 5.13. The van der Waals surface area contributed by atoms with Gasteiger partial charge in [-0.1, -0.05) is 31.9 Å². The van der Waals surface area contributed by atoms with Gasteiger partial charge in [0.05, 0.1) is 11.9 Å². The Kier molecular flexibility index (Phi) is 4.28. The average molecular weight is 376 g/mol. The van der Waals surface area contributed by atoms with Gasteiger partial charge in [0.1, 0.15) is 5.75 Å².